The van der Waals surface area contributed by atoms with Crippen molar-refractivity contribution in [1.82, 2.24) is 5.43 Å². The molecule has 2 N–H and O–H groups in total. The number of fused-ring (bicyclic) bond motifs is 1. The predicted molar refractivity (Wildman–Crippen MR) is 56.2 cm³/mol. The molecule has 1 atom stereocenters. The quantitative estimate of drug-likeness (QED) is 0.757. The van der Waals surface area contributed by atoms with E-state index in [0.717, 1.165) is 12.8 Å². The molecule has 0 fully saturated rings. The van der Waals surface area contributed by atoms with Crippen molar-refractivity contribution in [3.05, 3.63) is 35.4 Å². The number of hydrazone groups is 1. The summed E-state index contributed by atoms with van der Waals surface area (Å²) < 4.78 is 0. The Balaban J connectivity index is 2.18. The SMILES string of the molecule is OCCCC1NN=Cc2ccccc21. The minimum Gasteiger partial charge on any atom is -0.396 e. The second kappa shape index (κ2) is 4.24. The van der Waals surface area contributed by atoms with Crippen molar-refractivity contribution in [2.45, 2.75) is 18.9 Å². The molecule has 0 aromatic heterocycles. The number of nitrogens with zero attached hydrogens (tertiary/aromatic N) is 1. The summed E-state index contributed by atoms with van der Waals surface area (Å²) >= 11 is 0. The van der Waals surface area contributed by atoms with E-state index in [1.807, 2.05) is 18.3 Å². The molecule has 3 heteroatoms. The number of rotatable bonds is 3. The van der Waals surface area contributed by atoms with Crippen molar-refractivity contribution in [1.29, 1.82) is 0 Å². The van der Waals surface area contributed by atoms with Gasteiger partial charge in [-0.3, -0.25) is 0 Å². The molecule has 0 saturated heterocycles. The summed E-state index contributed by atoms with van der Waals surface area (Å²) in [5, 5.41) is 12.9. The maximum atomic E-state index is 8.78. The van der Waals surface area contributed by atoms with Crippen LogP contribution >= 0.6 is 0 Å². The van der Waals surface area contributed by atoms with Gasteiger partial charge in [-0.15, -0.1) is 0 Å². The molecular weight excluding hydrogens is 176 g/mol. The number of hydrogen-bond donors (Lipinski definition) is 2. The van der Waals surface area contributed by atoms with E-state index in [1.54, 1.807) is 0 Å². The van der Waals surface area contributed by atoms with Gasteiger partial charge in [-0.1, -0.05) is 24.3 Å². The topological polar surface area (TPSA) is 44.6 Å². The Morgan fingerprint density at radius 3 is 3.07 bits per heavy atom. The largest absolute Gasteiger partial charge is 0.396 e. The summed E-state index contributed by atoms with van der Waals surface area (Å²) in [4.78, 5) is 0. The van der Waals surface area contributed by atoms with Crippen molar-refractivity contribution in [2.24, 2.45) is 5.10 Å². The number of hydrogen-bond acceptors (Lipinski definition) is 3. The van der Waals surface area contributed by atoms with Gasteiger partial charge in [0, 0.05) is 6.61 Å². The second-order valence-electron chi connectivity index (χ2n) is 3.43. The van der Waals surface area contributed by atoms with E-state index < -0.39 is 0 Å². The monoisotopic (exact) mass is 190 g/mol. The zero-order chi connectivity index (χ0) is 9.80. The van der Waals surface area contributed by atoms with Crippen LogP contribution in [-0.4, -0.2) is 17.9 Å². The molecule has 1 aromatic carbocycles. The highest BCUT2D eigenvalue weighted by Crippen LogP contribution is 2.23. The highest BCUT2D eigenvalue weighted by molar-refractivity contribution is 5.82. The van der Waals surface area contributed by atoms with Crippen LogP contribution in [0.5, 0.6) is 0 Å². The van der Waals surface area contributed by atoms with Crippen molar-refractivity contribution in [3.63, 3.8) is 0 Å². The van der Waals surface area contributed by atoms with Gasteiger partial charge < -0.3 is 10.5 Å². The minimum absolute atomic E-state index is 0.240. The lowest BCUT2D eigenvalue weighted by Crippen LogP contribution is -2.21. The summed E-state index contributed by atoms with van der Waals surface area (Å²) in [6.07, 6.45) is 3.57. The lowest BCUT2D eigenvalue weighted by Gasteiger charge is -2.22. The zero-order valence-corrected chi connectivity index (χ0v) is 7.98. The first-order chi connectivity index (χ1) is 6.92. The van der Waals surface area contributed by atoms with Gasteiger partial charge in [0.2, 0.25) is 0 Å². The number of aliphatic hydroxyl groups is 1. The molecule has 0 spiro atoms. The van der Waals surface area contributed by atoms with Gasteiger partial charge in [0.15, 0.2) is 0 Å². The summed E-state index contributed by atoms with van der Waals surface area (Å²) in [6.45, 7) is 0.240. The first kappa shape index (κ1) is 9.21. The summed E-state index contributed by atoms with van der Waals surface area (Å²) in [7, 11) is 0. The minimum atomic E-state index is 0.240. The van der Waals surface area contributed by atoms with Crippen LogP contribution in [0.3, 0.4) is 0 Å². The predicted octanol–water partition coefficient (Wildman–Crippen LogP) is 1.44. The molecule has 14 heavy (non-hydrogen) atoms. The van der Waals surface area contributed by atoms with E-state index in [1.165, 1.54) is 11.1 Å². The summed E-state index contributed by atoms with van der Waals surface area (Å²) in [5.41, 5.74) is 5.52. The van der Waals surface area contributed by atoms with Crippen LogP contribution in [0.4, 0.5) is 0 Å². The second-order valence-corrected chi connectivity index (χ2v) is 3.43. The lowest BCUT2D eigenvalue weighted by atomic mass is 9.97. The Hall–Kier alpha value is -1.35. The van der Waals surface area contributed by atoms with Gasteiger partial charge in [-0.05, 0) is 24.0 Å². The Morgan fingerprint density at radius 2 is 2.21 bits per heavy atom. The molecular formula is C11H14N2O. The third-order valence-electron chi connectivity index (χ3n) is 2.46. The fourth-order valence-corrected chi connectivity index (χ4v) is 1.73. The van der Waals surface area contributed by atoms with Crippen LogP contribution in [0.2, 0.25) is 0 Å². The molecule has 0 radical (unpaired) electrons. The molecule has 1 aromatic rings. The van der Waals surface area contributed by atoms with Crippen molar-refractivity contribution >= 4 is 6.21 Å². The number of aliphatic hydroxyl groups excluding tert-OH is 1. The Labute approximate surface area is 83.5 Å². The molecule has 1 aliphatic rings. The molecule has 3 nitrogen and oxygen atoms in total. The molecule has 0 saturated carbocycles. The maximum Gasteiger partial charge on any atom is 0.0696 e. The van der Waals surface area contributed by atoms with Gasteiger partial charge >= 0.3 is 0 Å². The highest BCUT2D eigenvalue weighted by Gasteiger charge is 2.15. The van der Waals surface area contributed by atoms with E-state index in [0.29, 0.717) is 0 Å². The standard InChI is InChI=1S/C11H14N2O/c14-7-3-6-11-10-5-2-1-4-9(10)8-12-13-11/h1-2,4-5,8,11,13-14H,3,6-7H2. The first-order valence-electron chi connectivity index (χ1n) is 4.90. The highest BCUT2D eigenvalue weighted by atomic mass is 16.2. The van der Waals surface area contributed by atoms with E-state index in [4.69, 9.17) is 5.11 Å². The fourth-order valence-electron chi connectivity index (χ4n) is 1.73. The molecule has 0 amide bonds. The molecule has 74 valence electrons. The van der Waals surface area contributed by atoms with Gasteiger partial charge in [-0.2, -0.15) is 5.10 Å². The molecule has 0 bridgehead atoms. The third kappa shape index (κ3) is 1.77. The van der Waals surface area contributed by atoms with Gasteiger partial charge in [0.1, 0.15) is 0 Å². The van der Waals surface area contributed by atoms with Gasteiger partial charge in [0.25, 0.3) is 0 Å². The van der Waals surface area contributed by atoms with Crippen LogP contribution in [0.1, 0.15) is 30.0 Å². The molecule has 1 heterocycles. The van der Waals surface area contributed by atoms with E-state index >= 15 is 0 Å². The van der Waals surface area contributed by atoms with Crippen molar-refractivity contribution in [3.8, 4) is 0 Å². The number of benzene rings is 1. The summed E-state index contributed by atoms with van der Waals surface area (Å²) in [5.74, 6) is 0. The molecule has 2 rings (SSSR count). The van der Waals surface area contributed by atoms with Crippen LogP contribution in [-0.2, 0) is 0 Å². The van der Waals surface area contributed by atoms with Crippen molar-refractivity contribution < 1.29 is 5.11 Å². The van der Waals surface area contributed by atoms with Crippen LogP contribution in [0.25, 0.3) is 0 Å². The van der Waals surface area contributed by atoms with Gasteiger partial charge in [-0.25, -0.2) is 0 Å². The zero-order valence-electron chi connectivity index (χ0n) is 7.98. The number of nitrogens with one attached hydrogen (secondary N) is 1. The maximum absolute atomic E-state index is 8.78. The Kier molecular flexibility index (Phi) is 2.79. The smallest absolute Gasteiger partial charge is 0.0696 e. The van der Waals surface area contributed by atoms with Gasteiger partial charge in [0.05, 0.1) is 12.3 Å². The van der Waals surface area contributed by atoms with E-state index in [-0.39, 0.29) is 12.6 Å². The Morgan fingerprint density at radius 1 is 1.36 bits per heavy atom. The third-order valence-corrected chi connectivity index (χ3v) is 2.46. The van der Waals surface area contributed by atoms with Crippen molar-refractivity contribution in [2.75, 3.05) is 6.61 Å². The van der Waals surface area contributed by atoms with Crippen LogP contribution < -0.4 is 5.43 Å². The average Bonchev–Trinajstić information content (AvgIpc) is 2.26. The lowest BCUT2D eigenvalue weighted by molar-refractivity contribution is 0.275. The van der Waals surface area contributed by atoms with Crippen LogP contribution in [0, 0.1) is 0 Å². The average molecular weight is 190 g/mol. The normalized spacial score (nSPS) is 18.8. The molecule has 0 aliphatic carbocycles. The molecule has 1 unspecified atom stereocenters. The van der Waals surface area contributed by atoms with E-state index in [9.17, 15) is 0 Å². The first-order valence-corrected chi connectivity index (χ1v) is 4.90. The Bertz CT molecular complexity index is 336. The fraction of sp³-hybridized carbons (Fsp3) is 0.364. The molecule has 1 aliphatic heterocycles. The van der Waals surface area contributed by atoms with Crippen LogP contribution in [0.15, 0.2) is 29.4 Å². The summed E-state index contributed by atoms with van der Waals surface area (Å²) in [6, 6.07) is 8.47. The van der Waals surface area contributed by atoms with E-state index in [2.05, 4.69) is 22.7 Å².